The Hall–Kier alpha value is -1.92. The molecule has 0 bridgehead atoms. The van der Waals surface area contributed by atoms with E-state index in [1.54, 1.807) is 4.90 Å². The van der Waals surface area contributed by atoms with Gasteiger partial charge in [0.1, 0.15) is 6.54 Å². The first-order valence-corrected chi connectivity index (χ1v) is 8.85. The standard InChI is InChI=1S/C17H25N3O4/c18-15(23)12-4-8-19(9-5-12)14(22)11-20-13(21)10-17(16(20)24)6-2-1-3-7-17/h12H,1-11H2,(H2,18,23). The summed E-state index contributed by atoms with van der Waals surface area (Å²) in [5, 5.41) is 0. The molecule has 24 heavy (non-hydrogen) atoms. The SMILES string of the molecule is NC(=O)C1CCN(C(=O)CN2C(=O)CC3(CCCCC3)C2=O)CC1. The molecule has 0 atom stereocenters. The first kappa shape index (κ1) is 16.9. The molecule has 0 aromatic rings. The number of primary amides is 1. The Kier molecular flexibility index (Phi) is 4.60. The maximum absolute atomic E-state index is 12.7. The Bertz CT molecular complexity index is 560. The van der Waals surface area contributed by atoms with Crippen molar-refractivity contribution in [2.24, 2.45) is 17.1 Å². The van der Waals surface area contributed by atoms with E-state index in [9.17, 15) is 19.2 Å². The molecule has 0 aromatic carbocycles. The maximum Gasteiger partial charge on any atom is 0.242 e. The van der Waals surface area contributed by atoms with Crippen LogP contribution in [0.25, 0.3) is 0 Å². The van der Waals surface area contributed by atoms with Gasteiger partial charge in [-0.05, 0) is 25.7 Å². The number of likely N-dealkylation sites (tertiary alicyclic amines) is 2. The van der Waals surface area contributed by atoms with Crippen molar-refractivity contribution < 1.29 is 19.2 Å². The Labute approximate surface area is 141 Å². The van der Waals surface area contributed by atoms with Gasteiger partial charge in [-0.15, -0.1) is 0 Å². The second kappa shape index (κ2) is 6.53. The molecular weight excluding hydrogens is 310 g/mol. The highest BCUT2D eigenvalue weighted by Crippen LogP contribution is 2.45. The second-order valence-electron chi connectivity index (χ2n) is 7.36. The first-order valence-electron chi connectivity index (χ1n) is 8.85. The van der Waals surface area contributed by atoms with Crippen LogP contribution in [0.5, 0.6) is 0 Å². The maximum atomic E-state index is 12.7. The Balaban J connectivity index is 1.59. The van der Waals surface area contributed by atoms with Gasteiger partial charge in [-0.1, -0.05) is 19.3 Å². The van der Waals surface area contributed by atoms with Gasteiger partial charge in [-0.25, -0.2) is 0 Å². The van der Waals surface area contributed by atoms with Crippen LogP contribution in [0, 0.1) is 11.3 Å². The molecule has 3 aliphatic rings. The quantitative estimate of drug-likeness (QED) is 0.755. The monoisotopic (exact) mass is 335 g/mol. The summed E-state index contributed by atoms with van der Waals surface area (Å²) in [5.41, 5.74) is 4.75. The zero-order valence-electron chi connectivity index (χ0n) is 14.0. The van der Waals surface area contributed by atoms with Gasteiger partial charge in [0.15, 0.2) is 0 Å². The highest BCUT2D eigenvalue weighted by Gasteiger charge is 2.52. The third kappa shape index (κ3) is 3.03. The topological polar surface area (TPSA) is 101 Å². The largest absolute Gasteiger partial charge is 0.369 e. The van der Waals surface area contributed by atoms with Crippen molar-refractivity contribution in [3.63, 3.8) is 0 Å². The van der Waals surface area contributed by atoms with Crippen LogP contribution in [0.4, 0.5) is 0 Å². The zero-order valence-corrected chi connectivity index (χ0v) is 14.0. The molecule has 132 valence electrons. The number of amides is 4. The van der Waals surface area contributed by atoms with Crippen molar-refractivity contribution in [2.75, 3.05) is 19.6 Å². The molecule has 2 N–H and O–H groups in total. The normalized spacial score (nSPS) is 24.7. The Morgan fingerprint density at radius 1 is 1.08 bits per heavy atom. The molecule has 0 unspecified atom stereocenters. The van der Waals surface area contributed by atoms with Crippen molar-refractivity contribution in [1.82, 2.24) is 9.80 Å². The number of nitrogens with two attached hydrogens (primary N) is 1. The number of hydrogen-bond acceptors (Lipinski definition) is 4. The van der Waals surface area contributed by atoms with Crippen LogP contribution in [-0.4, -0.2) is 53.1 Å². The fraction of sp³-hybridized carbons (Fsp3) is 0.765. The van der Waals surface area contributed by atoms with Gasteiger partial charge in [0, 0.05) is 25.4 Å². The number of imide groups is 1. The number of carbonyl (C=O) groups excluding carboxylic acids is 4. The Morgan fingerprint density at radius 3 is 2.29 bits per heavy atom. The molecule has 1 spiro atoms. The number of nitrogens with zero attached hydrogens (tertiary/aromatic N) is 2. The lowest BCUT2D eigenvalue weighted by molar-refractivity contribution is -0.148. The number of carbonyl (C=O) groups is 4. The molecule has 4 amide bonds. The van der Waals surface area contributed by atoms with E-state index < -0.39 is 5.41 Å². The highest BCUT2D eigenvalue weighted by molar-refractivity contribution is 6.08. The molecule has 2 saturated heterocycles. The lowest BCUT2D eigenvalue weighted by atomic mass is 9.73. The molecule has 2 heterocycles. The average molecular weight is 335 g/mol. The predicted octanol–water partition coefficient (Wildman–Crippen LogP) is 0.420. The van der Waals surface area contributed by atoms with E-state index >= 15 is 0 Å². The molecule has 3 rings (SSSR count). The van der Waals surface area contributed by atoms with E-state index in [1.165, 1.54) is 0 Å². The Morgan fingerprint density at radius 2 is 1.71 bits per heavy atom. The van der Waals surface area contributed by atoms with Crippen LogP contribution in [0.15, 0.2) is 0 Å². The minimum atomic E-state index is -0.547. The molecule has 1 saturated carbocycles. The van der Waals surface area contributed by atoms with Crippen molar-refractivity contribution in [1.29, 1.82) is 0 Å². The van der Waals surface area contributed by atoms with Gasteiger partial charge in [0.05, 0.1) is 5.41 Å². The fourth-order valence-corrected chi connectivity index (χ4v) is 4.29. The number of hydrogen-bond donors (Lipinski definition) is 1. The van der Waals surface area contributed by atoms with Gasteiger partial charge in [-0.2, -0.15) is 0 Å². The lowest BCUT2D eigenvalue weighted by Crippen LogP contribution is -2.47. The van der Waals surface area contributed by atoms with Crippen molar-refractivity contribution in [3.05, 3.63) is 0 Å². The zero-order chi connectivity index (χ0) is 17.3. The summed E-state index contributed by atoms with van der Waals surface area (Å²) in [6, 6.07) is 0. The van der Waals surface area contributed by atoms with E-state index in [-0.39, 0.29) is 42.5 Å². The van der Waals surface area contributed by atoms with E-state index in [2.05, 4.69) is 0 Å². The van der Waals surface area contributed by atoms with Crippen LogP contribution >= 0.6 is 0 Å². The van der Waals surface area contributed by atoms with Crippen LogP contribution in [0.2, 0.25) is 0 Å². The summed E-state index contributed by atoms with van der Waals surface area (Å²) < 4.78 is 0. The summed E-state index contributed by atoms with van der Waals surface area (Å²) in [7, 11) is 0. The summed E-state index contributed by atoms with van der Waals surface area (Å²) in [6.07, 6.45) is 5.92. The third-order valence-corrected chi connectivity index (χ3v) is 5.84. The molecule has 7 heteroatoms. The van der Waals surface area contributed by atoms with E-state index in [0.717, 1.165) is 37.0 Å². The average Bonchev–Trinajstić information content (AvgIpc) is 2.79. The van der Waals surface area contributed by atoms with Crippen molar-refractivity contribution in [2.45, 2.75) is 51.4 Å². The van der Waals surface area contributed by atoms with Crippen molar-refractivity contribution >= 4 is 23.6 Å². The molecule has 0 aromatic heterocycles. The highest BCUT2D eigenvalue weighted by atomic mass is 16.2. The summed E-state index contributed by atoms with van der Waals surface area (Å²) in [6.45, 7) is 0.738. The van der Waals surface area contributed by atoms with Crippen LogP contribution < -0.4 is 5.73 Å². The van der Waals surface area contributed by atoms with Gasteiger partial charge in [-0.3, -0.25) is 24.1 Å². The van der Waals surface area contributed by atoms with Gasteiger partial charge in [0.2, 0.25) is 23.6 Å². The third-order valence-electron chi connectivity index (χ3n) is 5.84. The fourth-order valence-electron chi connectivity index (χ4n) is 4.29. The minimum Gasteiger partial charge on any atom is -0.369 e. The molecule has 0 radical (unpaired) electrons. The molecular formula is C17H25N3O4. The van der Waals surface area contributed by atoms with Gasteiger partial charge in [0.25, 0.3) is 0 Å². The summed E-state index contributed by atoms with van der Waals surface area (Å²) in [4.78, 5) is 51.5. The number of rotatable bonds is 3. The summed E-state index contributed by atoms with van der Waals surface area (Å²) >= 11 is 0. The van der Waals surface area contributed by atoms with E-state index in [0.29, 0.717) is 25.9 Å². The predicted molar refractivity (Wildman–Crippen MR) is 85.4 cm³/mol. The number of piperidine rings is 1. The second-order valence-corrected chi connectivity index (χ2v) is 7.36. The summed E-state index contributed by atoms with van der Waals surface area (Å²) in [5.74, 6) is -1.11. The van der Waals surface area contributed by atoms with Crippen LogP contribution in [0.1, 0.15) is 51.4 Å². The van der Waals surface area contributed by atoms with Crippen LogP contribution in [-0.2, 0) is 19.2 Å². The van der Waals surface area contributed by atoms with Crippen molar-refractivity contribution in [3.8, 4) is 0 Å². The van der Waals surface area contributed by atoms with Crippen LogP contribution in [0.3, 0.4) is 0 Å². The molecule has 7 nitrogen and oxygen atoms in total. The molecule has 3 fully saturated rings. The molecule has 2 aliphatic heterocycles. The minimum absolute atomic E-state index is 0.160. The molecule has 1 aliphatic carbocycles. The first-order chi connectivity index (χ1) is 11.4. The van der Waals surface area contributed by atoms with E-state index in [1.807, 2.05) is 0 Å². The smallest absolute Gasteiger partial charge is 0.242 e. The van der Waals surface area contributed by atoms with Gasteiger partial charge >= 0.3 is 0 Å². The van der Waals surface area contributed by atoms with E-state index in [4.69, 9.17) is 5.73 Å². The van der Waals surface area contributed by atoms with Gasteiger partial charge < -0.3 is 10.6 Å². The lowest BCUT2D eigenvalue weighted by Gasteiger charge is -2.32.